The van der Waals surface area contributed by atoms with Crippen LogP contribution in [-0.2, 0) is 11.2 Å². The highest BCUT2D eigenvalue weighted by atomic mass is 35.5. The smallest absolute Gasteiger partial charge is 0.224 e. The van der Waals surface area contributed by atoms with E-state index in [1.165, 1.54) is 0 Å². The van der Waals surface area contributed by atoms with Crippen molar-refractivity contribution in [3.8, 4) is 11.5 Å². The average molecular weight is 303 g/mol. The van der Waals surface area contributed by atoms with Crippen LogP contribution in [0.15, 0.2) is 18.2 Å². The van der Waals surface area contributed by atoms with Gasteiger partial charge < -0.3 is 20.5 Å². The Morgan fingerprint density at radius 3 is 2.50 bits per heavy atom. The number of halogens is 1. The van der Waals surface area contributed by atoms with Gasteiger partial charge in [0.25, 0.3) is 0 Å². The van der Waals surface area contributed by atoms with Crippen LogP contribution in [0.1, 0.15) is 12.5 Å². The zero-order valence-corrected chi connectivity index (χ0v) is 13.0. The lowest BCUT2D eigenvalue weighted by atomic mass is 10.1. The van der Waals surface area contributed by atoms with Gasteiger partial charge in [0.1, 0.15) is 0 Å². The van der Waals surface area contributed by atoms with Crippen molar-refractivity contribution in [2.75, 3.05) is 27.3 Å². The second-order valence-electron chi connectivity index (χ2n) is 4.37. The molecular formula is C14H23ClN2O3. The summed E-state index contributed by atoms with van der Waals surface area (Å²) >= 11 is 0. The molecule has 1 aromatic rings. The van der Waals surface area contributed by atoms with E-state index in [9.17, 15) is 4.79 Å². The highest BCUT2D eigenvalue weighted by Gasteiger charge is 2.10. The van der Waals surface area contributed by atoms with Crippen LogP contribution in [-0.4, -0.2) is 33.2 Å². The van der Waals surface area contributed by atoms with E-state index in [2.05, 4.69) is 5.32 Å². The van der Waals surface area contributed by atoms with Gasteiger partial charge in [-0.05, 0) is 24.1 Å². The van der Waals surface area contributed by atoms with Crippen LogP contribution in [0.2, 0.25) is 0 Å². The molecular weight excluding hydrogens is 280 g/mol. The van der Waals surface area contributed by atoms with Gasteiger partial charge in [-0.3, -0.25) is 4.79 Å². The van der Waals surface area contributed by atoms with E-state index in [-0.39, 0.29) is 24.2 Å². The van der Waals surface area contributed by atoms with E-state index in [0.29, 0.717) is 24.6 Å². The van der Waals surface area contributed by atoms with Gasteiger partial charge in [0.15, 0.2) is 11.5 Å². The zero-order chi connectivity index (χ0) is 14.3. The van der Waals surface area contributed by atoms with Gasteiger partial charge in [0.2, 0.25) is 5.91 Å². The van der Waals surface area contributed by atoms with Crippen molar-refractivity contribution < 1.29 is 14.3 Å². The van der Waals surface area contributed by atoms with Crippen molar-refractivity contribution in [2.24, 2.45) is 11.7 Å². The first-order valence-corrected chi connectivity index (χ1v) is 6.31. The maximum Gasteiger partial charge on any atom is 0.224 e. The number of hydrogen-bond donors (Lipinski definition) is 2. The van der Waals surface area contributed by atoms with Crippen molar-refractivity contribution >= 4 is 18.3 Å². The Kier molecular flexibility index (Phi) is 8.76. The molecule has 6 heteroatoms. The van der Waals surface area contributed by atoms with E-state index in [4.69, 9.17) is 15.2 Å². The van der Waals surface area contributed by atoms with Crippen LogP contribution in [0.4, 0.5) is 0 Å². The molecule has 1 unspecified atom stereocenters. The fourth-order valence-corrected chi connectivity index (χ4v) is 1.65. The minimum absolute atomic E-state index is 0. The summed E-state index contributed by atoms with van der Waals surface area (Å²) < 4.78 is 10.4. The first kappa shape index (κ1) is 18.5. The Morgan fingerprint density at radius 1 is 1.30 bits per heavy atom. The van der Waals surface area contributed by atoms with E-state index in [1.807, 2.05) is 25.1 Å². The third-order valence-corrected chi connectivity index (χ3v) is 2.96. The maximum atomic E-state index is 11.6. The number of methoxy groups -OCH3 is 2. The molecule has 0 aliphatic heterocycles. The SMILES string of the molecule is COc1ccc(CCNC(=O)C(C)CN)cc1OC.Cl. The number of nitrogens with two attached hydrogens (primary N) is 1. The van der Waals surface area contributed by atoms with Gasteiger partial charge in [0.05, 0.1) is 14.2 Å². The summed E-state index contributed by atoms with van der Waals surface area (Å²) in [5.74, 6) is 1.24. The van der Waals surface area contributed by atoms with Crippen molar-refractivity contribution in [2.45, 2.75) is 13.3 Å². The molecule has 20 heavy (non-hydrogen) atoms. The Balaban J connectivity index is 0.00000361. The molecule has 1 rings (SSSR count). The Bertz CT molecular complexity index is 427. The van der Waals surface area contributed by atoms with Crippen LogP contribution in [0.3, 0.4) is 0 Å². The Morgan fingerprint density at radius 2 is 1.95 bits per heavy atom. The molecule has 3 N–H and O–H groups in total. The van der Waals surface area contributed by atoms with Gasteiger partial charge in [-0.15, -0.1) is 12.4 Å². The van der Waals surface area contributed by atoms with Crippen molar-refractivity contribution in [1.82, 2.24) is 5.32 Å². The molecule has 114 valence electrons. The number of benzene rings is 1. The number of ether oxygens (including phenoxy) is 2. The minimum atomic E-state index is -0.148. The van der Waals surface area contributed by atoms with E-state index in [1.54, 1.807) is 14.2 Å². The fourth-order valence-electron chi connectivity index (χ4n) is 1.65. The monoisotopic (exact) mass is 302 g/mol. The summed E-state index contributed by atoms with van der Waals surface area (Å²) in [5, 5.41) is 2.86. The second-order valence-corrected chi connectivity index (χ2v) is 4.37. The summed E-state index contributed by atoms with van der Waals surface area (Å²) in [4.78, 5) is 11.6. The molecule has 0 radical (unpaired) electrons. The molecule has 0 fully saturated rings. The highest BCUT2D eigenvalue weighted by Crippen LogP contribution is 2.27. The van der Waals surface area contributed by atoms with Crippen LogP contribution in [0, 0.1) is 5.92 Å². The summed E-state index contributed by atoms with van der Waals surface area (Å²) in [7, 11) is 3.21. The molecule has 1 aromatic carbocycles. The highest BCUT2D eigenvalue weighted by molar-refractivity contribution is 5.85. The summed E-state index contributed by atoms with van der Waals surface area (Å²) in [6.45, 7) is 2.76. The molecule has 0 spiro atoms. The topological polar surface area (TPSA) is 73.6 Å². The van der Waals surface area contributed by atoms with Gasteiger partial charge >= 0.3 is 0 Å². The van der Waals surface area contributed by atoms with Gasteiger partial charge in [-0.1, -0.05) is 13.0 Å². The Labute approximate surface area is 126 Å². The van der Waals surface area contributed by atoms with Gasteiger partial charge in [-0.25, -0.2) is 0 Å². The van der Waals surface area contributed by atoms with Crippen LogP contribution < -0.4 is 20.5 Å². The molecule has 0 aliphatic rings. The maximum absolute atomic E-state index is 11.6. The van der Waals surface area contributed by atoms with Crippen LogP contribution in [0.5, 0.6) is 11.5 Å². The predicted molar refractivity (Wildman–Crippen MR) is 81.7 cm³/mol. The second kappa shape index (κ2) is 9.44. The lowest BCUT2D eigenvalue weighted by molar-refractivity contribution is -0.124. The van der Waals surface area contributed by atoms with E-state index >= 15 is 0 Å². The number of nitrogens with one attached hydrogen (secondary N) is 1. The largest absolute Gasteiger partial charge is 0.493 e. The average Bonchev–Trinajstić information content (AvgIpc) is 2.45. The third kappa shape index (κ3) is 5.27. The lowest BCUT2D eigenvalue weighted by Crippen LogP contribution is -2.34. The fraction of sp³-hybridized carbons (Fsp3) is 0.500. The standard InChI is InChI=1S/C14H22N2O3.ClH/c1-10(9-15)14(17)16-7-6-11-4-5-12(18-2)13(8-11)19-3;/h4-5,8,10H,6-7,9,15H2,1-3H3,(H,16,17);1H. The molecule has 1 atom stereocenters. The zero-order valence-electron chi connectivity index (χ0n) is 12.1. The third-order valence-electron chi connectivity index (χ3n) is 2.96. The molecule has 0 saturated carbocycles. The summed E-state index contributed by atoms with van der Waals surface area (Å²) in [6.07, 6.45) is 0.739. The molecule has 0 aromatic heterocycles. The molecule has 0 saturated heterocycles. The number of carbonyl (C=O) groups excluding carboxylic acids is 1. The lowest BCUT2D eigenvalue weighted by Gasteiger charge is -2.11. The first-order valence-electron chi connectivity index (χ1n) is 6.31. The van der Waals surface area contributed by atoms with Gasteiger partial charge in [-0.2, -0.15) is 0 Å². The van der Waals surface area contributed by atoms with E-state index in [0.717, 1.165) is 12.0 Å². The molecule has 0 heterocycles. The van der Waals surface area contributed by atoms with Crippen molar-refractivity contribution in [1.29, 1.82) is 0 Å². The quantitative estimate of drug-likeness (QED) is 0.798. The summed E-state index contributed by atoms with van der Waals surface area (Å²) in [5.41, 5.74) is 6.52. The number of rotatable bonds is 7. The molecule has 5 nitrogen and oxygen atoms in total. The van der Waals surface area contributed by atoms with Crippen molar-refractivity contribution in [3.05, 3.63) is 23.8 Å². The van der Waals surface area contributed by atoms with Crippen LogP contribution in [0.25, 0.3) is 0 Å². The summed E-state index contributed by atoms with van der Waals surface area (Å²) in [6, 6.07) is 5.73. The van der Waals surface area contributed by atoms with Crippen LogP contribution >= 0.6 is 12.4 Å². The number of amides is 1. The normalized spacial score (nSPS) is 11.2. The van der Waals surface area contributed by atoms with E-state index < -0.39 is 0 Å². The molecule has 0 aliphatic carbocycles. The predicted octanol–water partition coefficient (Wildman–Crippen LogP) is 1.38. The Hall–Kier alpha value is -1.46. The molecule has 1 amide bonds. The van der Waals surface area contributed by atoms with Gasteiger partial charge in [0, 0.05) is 19.0 Å². The molecule has 0 bridgehead atoms. The minimum Gasteiger partial charge on any atom is -0.493 e. The first-order chi connectivity index (χ1) is 9.12. The number of carbonyl (C=O) groups is 1. The number of hydrogen-bond acceptors (Lipinski definition) is 4. The van der Waals surface area contributed by atoms with Crippen molar-refractivity contribution in [3.63, 3.8) is 0 Å².